The molecule has 0 radical (unpaired) electrons. The highest BCUT2D eigenvalue weighted by atomic mass is 15.3. The summed E-state index contributed by atoms with van der Waals surface area (Å²) in [5.74, 6) is 6.03. The van der Waals surface area contributed by atoms with Crippen LogP contribution in [0.5, 0.6) is 0 Å². The Kier molecular flexibility index (Phi) is 4.92. The van der Waals surface area contributed by atoms with E-state index in [-0.39, 0.29) is 6.04 Å². The largest absolute Gasteiger partial charge is 0.308 e. The van der Waals surface area contributed by atoms with Crippen molar-refractivity contribution in [3.05, 3.63) is 18.0 Å². The van der Waals surface area contributed by atoms with Crippen molar-refractivity contribution in [2.75, 3.05) is 6.54 Å². The fourth-order valence-corrected chi connectivity index (χ4v) is 1.42. The second-order valence-electron chi connectivity index (χ2n) is 3.55. The molecule has 15 heavy (non-hydrogen) atoms. The number of rotatable bonds is 5. The van der Waals surface area contributed by atoms with Crippen LogP contribution in [-0.2, 0) is 7.05 Å². The molecular weight excluding hydrogens is 186 g/mol. The summed E-state index contributed by atoms with van der Waals surface area (Å²) in [6, 6.07) is 2.31. The van der Waals surface area contributed by atoms with E-state index in [0.29, 0.717) is 0 Å². The molecule has 0 aromatic carbocycles. The smallest absolute Gasteiger partial charge is 0.0803 e. The van der Waals surface area contributed by atoms with E-state index in [1.807, 2.05) is 30.9 Å². The molecule has 0 amide bonds. The molecule has 1 unspecified atom stereocenters. The Morgan fingerprint density at radius 1 is 1.60 bits per heavy atom. The van der Waals surface area contributed by atoms with Gasteiger partial charge in [0.25, 0.3) is 0 Å². The molecule has 1 aromatic rings. The van der Waals surface area contributed by atoms with Crippen LogP contribution in [0, 0.1) is 11.8 Å². The Balaban J connectivity index is 2.65. The molecule has 82 valence electrons. The Labute approximate surface area is 91.9 Å². The Morgan fingerprint density at radius 2 is 2.40 bits per heavy atom. The van der Waals surface area contributed by atoms with Crippen LogP contribution in [0.15, 0.2) is 12.3 Å². The second-order valence-corrected chi connectivity index (χ2v) is 3.55. The zero-order valence-electron chi connectivity index (χ0n) is 9.75. The summed E-state index contributed by atoms with van der Waals surface area (Å²) in [6.07, 6.45) is 3.92. The van der Waals surface area contributed by atoms with E-state index in [1.165, 1.54) is 0 Å². The highest BCUT2D eigenvalue weighted by molar-refractivity contribution is 5.10. The van der Waals surface area contributed by atoms with Crippen LogP contribution in [0.4, 0.5) is 0 Å². The van der Waals surface area contributed by atoms with Crippen molar-refractivity contribution in [3.63, 3.8) is 0 Å². The fourth-order valence-electron chi connectivity index (χ4n) is 1.42. The Morgan fingerprint density at radius 3 is 2.93 bits per heavy atom. The molecule has 1 aromatic heterocycles. The number of nitrogens with one attached hydrogen (secondary N) is 1. The van der Waals surface area contributed by atoms with E-state index in [1.54, 1.807) is 0 Å². The molecule has 0 saturated carbocycles. The van der Waals surface area contributed by atoms with Crippen LogP contribution in [0.25, 0.3) is 0 Å². The average Bonchev–Trinajstić information content (AvgIpc) is 2.65. The van der Waals surface area contributed by atoms with Crippen LogP contribution in [0.2, 0.25) is 0 Å². The first-order valence-electron chi connectivity index (χ1n) is 5.40. The van der Waals surface area contributed by atoms with E-state index in [2.05, 4.69) is 29.2 Å². The molecule has 3 heteroatoms. The van der Waals surface area contributed by atoms with Crippen molar-refractivity contribution < 1.29 is 0 Å². The molecule has 1 atom stereocenters. The topological polar surface area (TPSA) is 29.9 Å². The maximum atomic E-state index is 4.40. The molecule has 0 aliphatic rings. The fraction of sp³-hybridized carbons (Fsp3) is 0.583. The van der Waals surface area contributed by atoms with Gasteiger partial charge in [0, 0.05) is 19.7 Å². The number of hydrogen-bond acceptors (Lipinski definition) is 2. The van der Waals surface area contributed by atoms with Gasteiger partial charge in [0.05, 0.1) is 11.7 Å². The summed E-state index contributed by atoms with van der Waals surface area (Å²) in [5.41, 5.74) is 1.08. The molecule has 1 N–H and O–H groups in total. The molecule has 0 aliphatic heterocycles. The SMILES string of the molecule is CC#CCC(NCCC)c1ccn(C)n1. The Hall–Kier alpha value is -1.27. The average molecular weight is 205 g/mol. The summed E-state index contributed by atoms with van der Waals surface area (Å²) in [6.45, 7) is 5.04. The highest BCUT2D eigenvalue weighted by Crippen LogP contribution is 2.13. The van der Waals surface area contributed by atoms with Gasteiger partial charge in [0.2, 0.25) is 0 Å². The third kappa shape index (κ3) is 3.77. The lowest BCUT2D eigenvalue weighted by atomic mass is 10.1. The summed E-state index contributed by atoms with van der Waals surface area (Å²) in [4.78, 5) is 0. The van der Waals surface area contributed by atoms with E-state index >= 15 is 0 Å². The van der Waals surface area contributed by atoms with Crippen molar-refractivity contribution in [1.29, 1.82) is 0 Å². The van der Waals surface area contributed by atoms with Crippen molar-refractivity contribution in [1.82, 2.24) is 15.1 Å². The van der Waals surface area contributed by atoms with Crippen LogP contribution >= 0.6 is 0 Å². The van der Waals surface area contributed by atoms with Gasteiger partial charge >= 0.3 is 0 Å². The predicted octanol–water partition coefficient (Wildman–Crippen LogP) is 1.87. The number of hydrogen-bond donors (Lipinski definition) is 1. The van der Waals surface area contributed by atoms with Gasteiger partial charge in [-0.3, -0.25) is 4.68 Å². The van der Waals surface area contributed by atoms with Crippen LogP contribution in [-0.4, -0.2) is 16.3 Å². The van der Waals surface area contributed by atoms with E-state index in [9.17, 15) is 0 Å². The van der Waals surface area contributed by atoms with E-state index < -0.39 is 0 Å². The summed E-state index contributed by atoms with van der Waals surface area (Å²) in [5, 5.41) is 7.86. The lowest BCUT2D eigenvalue weighted by Gasteiger charge is -2.13. The van der Waals surface area contributed by atoms with Crippen molar-refractivity contribution in [2.45, 2.75) is 32.7 Å². The van der Waals surface area contributed by atoms with Crippen LogP contribution < -0.4 is 5.32 Å². The highest BCUT2D eigenvalue weighted by Gasteiger charge is 2.11. The van der Waals surface area contributed by atoms with Gasteiger partial charge in [-0.2, -0.15) is 5.10 Å². The second kappa shape index (κ2) is 6.26. The quantitative estimate of drug-likeness (QED) is 0.744. The molecule has 1 rings (SSSR count). The maximum absolute atomic E-state index is 4.40. The lowest BCUT2D eigenvalue weighted by Crippen LogP contribution is -2.22. The molecule has 0 saturated heterocycles. The number of nitrogens with zero attached hydrogens (tertiary/aromatic N) is 2. The lowest BCUT2D eigenvalue weighted by molar-refractivity contribution is 0.523. The molecule has 3 nitrogen and oxygen atoms in total. The van der Waals surface area contributed by atoms with Crippen LogP contribution in [0.1, 0.15) is 38.4 Å². The van der Waals surface area contributed by atoms with Crippen molar-refractivity contribution in [3.8, 4) is 11.8 Å². The van der Waals surface area contributed by atoms with Gasteiger partial charge in [-0.15, -0.1) is 11.8 Å². The van der Waals surface area contributed by atoms with Crippen LogP contribution in [0.3, 0.4) is 0 Å². The van der Waals surface area contributed by atoms with Gasteiger partial charge < -0.3 is 5.32 Å². The molecule has 0 bridgehead atoms. The third-order valence-corrected chi connectivity index (χ3v) is 2.21. The minimum absolute atomic E-state index is 0.263. The van der Waals surface area contributed by atoms with Gasteiger partial charge in [0.1, 0.15) is 0 Å². The summed E-state index contributed by atoms with van der Waals surface area (Å²) in [7, 11) is 1.94. The first kappa shape index (κ1) is 11.8. The summed E-state index contributed by atoms with van der Waals surface area (Å²) >= 11 is 0. The minimum Gasteiger partial charge on any atom is -0.308 e. The minimum atomic E-state index is 0.263. The monoisotopic (exact) mass is 205 g/mol. The normalized spacial score (nSPS) is 11.9. The van der Waals surface area contributed by atoms with E-state index in [4.69, 9.17) is 0 Å². The zero-order chi connectivity index (χ0) is 11.1. The maximum Gasteiger partial charge on any atom is 0.0803 e. The third-order valence-electron chi connectivity index (χ3n) is 2.21. The van der Waals surface area contributed by atoms with Gasteiger partial charge in [0.15, 0.2) is 0 Å². The summed E-state index contributed by atoms with van der Waals surface area (Å²) < 4.78 is 1.83. The van der Waals surface area contributed by atoms with Gasteiger partial charge in [-0.1, -0.05) is 6.92 Å². The molecule has 1 heterocycles. The molecule has 0 aliphatic carbocycles. The van der Waals surface area contributed by atoms with Gasteiger partial charge in [-0.05, 0) is 26.0 Å². The first-order chi connectivity index (χ1) is 7.27. The molecular formula is C12H19N3. The standard InChI is InChI=1S/C12H19N3/c1-4-6-7-11(13-9-5-2)12-8-10-15(3)14-12/h8,10-11,13H,5,7,9H2,1-3H3. The Bertz CT molecular complexity index is 343. The molecule has 0 spiro atoms. The first-order valence-corrected chi connectivity index (χ1v) is 5.40. The van der Waals surface area contributed by atoms with Gasteiger partial charge in [-0.25, -0.2) is 0 Å². The van der Waals surface area contributed by atoms with Crippen molar-refractivity contribution >= 4 is 0 Å². The predicted molar refractivity (Wildman–Crippen MR) is 62.3 cm³/mol. The van der Waals surface area contributed by atoms with Crippen molar-refractivity contribution in [2.24, 2.45) is 7.05 Å². The molecule has 0 fully saturated rings. The number of aromatic nitrogens is 2. The number of aryl methyl sites for hydroxylation is 1. The zero-order valence-corrected chi connectivity index (χ0v) is 9.75. The van der Waals surface area contributed by atoms with E-state index in [0.717, 1.165) is 25.1 Å².